The largest absolute Gasteiger partial charge is 0.508 e. The van der Waals surface area contributed by atoms with Crippen LogP contribution in [0.15, 0.2) is 29.3 Å². The van der Waals surface area contributed by atoms with Gasteiger partial charge in [0.05, 0.1) is 0 Å². The second kappa shape index (κ2) is 3.34. The first-order chi connectivity index (χ1) is 6.68. The maximum Gasteiger partial charge on any atom is 0.266 e. The number of thioether (sulfide) groups is 1. The van der Waals surface area contributed by atoms with Crippen molar-refractivity contribution in [3.05, 3.63) is 29.8 Å². The maximum absolute atomic E-state index is 11.3. The number of hydrogen-bond acceptors (Lipinski definition) is 4. The van der Waals surface area contributed by atoms with Gasteiger partial charge < -0.3 is 10.8 Å². The van der Waals surface area contributed by atoms with Crippen LogP contribution >= 0.6 is 11.8 Å². The summed E-state index contributed by atoms with van der Waals surface area (Å²) in [7, 11) is 0. The van der Waals surface area contributed by atoms with Crippen molar-refractivity contribution >= 4 is 22.8 Å². The number of benzene rings is 1. The highest BCUT2D eigenvalue weighted by molar-refractivity contribution is 8.15. The lowest BCUT2D eigenvalue weighted by Gasteiger charge is -2.07. The Bertz CT molecular complexity index is 417. The SMILES string of the molecule is NC1=NC(=O)[C@H](c2ccccc2O)S1. The number of nitrogens with zero attached hydrogens (tertiary/aromatic N) is 1. The van der Waals surface area contributed by atoms with Crippen LogP contribution < -0.4 is 5.73 Å². The Hall–Kier alpha value is -1.49. The molecule has 0 saturated carbocycles. The van der Waals surface area contributed by atoms with Gasteiger partial charge in [0.1, 0.15) is 11.0 Å². The predicted octanol–water partition coefficient (Wildman–Crippen LogP) is 1.02. The molecule has 0 spiro atoms. The molecule has 1 aliphatic heterocycles. The Labute approximate surface area is 84.8 Å². The minimum atomic E-state index is -0.490. The van der Waals surface area contributed by atoms with Gasteiger partial charge in [0.2, 0.25) is 0 Å². The number of aromatic hydroxyl groups is 1. The number of phenolic OH excluding ortho intramolecular Hbond substituents is 1. The molecule has 0 saturated heterocycles. The topological polar surface area (TPSA) is 75.7 Å². The standard InChI is InChI=1S/C9H8N2O2S/c10-9-11-8(13)7(14-9)5-3-1-2-4-6(5)12/h1-4,7,12H,(H2,10,11,13)/t7-/m0/s1. The lowest BCUT2D eigenvalue weighted by Crippen LogP contribution is -2.03. The zero-order valence-corrected chi connectivity index (χ0v) is 7.99. The van der Waals surface area contributed by atoms with Gasteiger partial charge in [0.15, 0.2) is 5.17 Å². The zero-order chi connectivity index (χ0) is 10.1. The van der Waals surface area contributed by atoms with Crippen molar-refractivity contribution in [2.24, 2.45) is 10.7 Å². The van der Waals surface area contributed by atoms with Crippen molar-refractivity contribution in [2.45, 2.75) is 5.25 Å². The Morgan fingerprint density at radius 1 is 1.43 bits per heavy atom. The van der Waals surface area contributed by atoms with Crippen LogP contribution in [-0.2, 0) is 4.79 Å². The first-order valence-corrected chi connectivity index (χ1v) is 4.89. The van der Waals surface area contributed by atoms with E-state index in [-0.39, 0.29) is 16.8 Å². The molecule has 0 aromatic heterocycles. The van der Waals surface area contributed by atoms with Crippen molar-refractivity contribution in [3.63, 3.8) is 0 Å². The Morgan fingerprint density at radius 3 is 2.71 bits per heavy atom. The molecule has 5 heteroatoms. The van der Waals surface area contributed by atoms with Crippen molar-refractivity contribution < 1.29 is 9.90 Å². The summed E-state index contributed by atoms with van der Waals surface area (Å²) < 4.78 is 0. The summed E-state index contributed by atoms with van der Waals surface area (Å²) in [5.41, 5.74) is 5.98. The van der Waals surface area contributed by atoms with E-state index in [4.69, 9.17) is 5.73 Å². The monoisotopic (exact) mass is 208 g/mol. The zero-order valence-electron chi connectivity index (χ0n) is 7.18. The number of carbonyl (C=O) groups excluding carboxylic acids is 1. The van der Waals surface area contributed by atoms with Gasteiger partial charge in [-0.15, -0.1) is 0 Å². The Balaban J connectivity index is 2.35. The molecule has 1 heterocycles. The van der Waals surface area contributed by atoms with Gasteiger partial charge >= 0.3 is 0 Å². The molecule has 3 N–H and O–H groups in total. The van der Waals surface area contributed by atoms with Crippen LogP contribution in [0.3, 0.4) is 0 Å². The number of carbonyl (C=O) groups is 1. The fourth-order valence-corrected chi connectivity index (χ4v) is 2.13. The second-order valence-electron chi connectivity index (χ2n) is 2.84. The van der Waals surface area contributed by atoms with Gasteiger partial charge in [-0.25, -0.2) is 0 Å². The summed E-state index contributed by atoms with van der Waals surface area (Å²) >= 11 is 1.16. The maximum atomic E-state index is 11.3. The highest BCUT2D eigenvalue weighted by Gasteiger charge is 2.30. The number of hydrogen-bond donors (Lipinski definition) is 2. The molecule has 1 atom stereocenters. The molecule has 1 aliphatic rings. The molecule has 72 valence electrons. The third-order valence-corrected chi connectivity index (χ3v) is 2.93. The van der Waals surface area contributed by atoms with Crippen molar-refractivity contribution in [3.8, 4) is 5.75 Å². The van der Waals surface area contributed by atoms with Crippen LogP contribution in [0, 0.1) is 0 Å². The molecular formula is C9H8N2O2S. The summed E-state index contributed by atoms with van der Waals surface area (Å²) in [5, 5.41) is 9.28. The van der Waals surface area contributed by atoms with Gasteiger partial charge in [-0.2, -0.15) is 4.99 Å². The highest BCUT2D eigenvalue weighted by atomic mass is 32.2. The molecule has 14 heavy (non-hydrogen) atoms. The molecule has 4 nitrogen and oxygen atoms in total. The van der Waals surface area contributed by atoms with Crippen LogP contribution in [0.2, 0.25) is 0 Å². The molecular weight excluding hydrogens is 200 g/mol. The molecule has 1 aromatic carbocycles. The van der Waals surface area contributed by atoms with Gasteiger partial charge in [-0.05, 0) is 6.07 Å². The van der Waals surface area contributed by atoms with Crippen molar-refractivity contribution in [2.75, 3.05) is 0 Å². The number of amidine groups is 1. The molecule has 0 aliphatic carbocycles. The van der Waals surface area contributed by atoms with E-state index in [0.29, 0.717) is 5.56 Å². The van der Waals surface area contributed by atoms with E-state index in [1.807, 2.05) is 0 Å². The number of rotatable bonds is 1. The lowest BCUT2D eigenvalue weighted by molar-refractivity contribution is -0.117. The molecule has 1 amide bonds. The minimum absolute atomic E-state index is 0.100. The van der Waals surface area contributed by atoms with Crippen LogP contribution in [0.1, 0.15) is 10.8 Å². The van der Waals surface area contributed by atoms with E-state index in [2.05, 4.69) is 4.99 Å². The average molecular weight is 208 g/mol. The molecule has 0 bridgehead atoms. The molecule has 0 fully saturated rings. The fraction of sp³-hybridized carbons (Fsp3) is 0.111. The van der Waals surface area contributed by atoms with E-state index in [1.54, 1.807) is 18.2 Å². The Morgan fingerprint density at radius 2 is 2.14 bits per heavy atom. The van der Waals surface area contributed by atoms with E-state index >= 15 is 0 Å². The average Bonchev–Trinajstić information content (AvgIpc) is 2.46. The first kappa shape index (κ1) is 9.08. The van der Waals surface area contributed by atoms with Gasteiger partial charge in [0, 0.05) is 5.56 Å². The van der Waals surface area contributed by atoms with E-state index in [9.17, 15) is 9.90 Å². The normalized spacial score (nSPS) is 21.0. The molecule has 1 aromatic rings. The number of nitrogens with two attached hydrogens (primary N) is 1. The van der Waals surface area contributed by atoms with Gasteiger partial charge in [-0.3, -0.25) is 4.79 Å². The Kier molecular flexibility index (Phi) is 2.17. The highest BCUT2D eigenvalue weighted by Crippen LogP contribution is 2.38. The van der Waals surface area contributed by atoms with Gasteiger partial charge in [-0.1, -0.05) is 30.0 Å². The first-order valence-electron chi connectivity index (χ1n) is 4.01. The third-order valence-electron chi connectivity index (χ3n) is 1.90. The van der Waals surface area contributed by atoms with E-state index in [1.165, 1.54) is 6.07 Å². The number of phenols is 1. The minimum Gasteiger partial charge on any atom is -0.508 e. The van der Waals surface area contributed by atoms with Crippen molar-refractivity contribution in [1.29, 1.82) is 0 Å². The summed E-state index contributed by atoms with van der Waals surface area (Å²) in [5.74, 6) is -0.211. The van der Waals surface area contributed by atoms with Crippen LogP contribution in [-0.4, -0.2) is 16.2 Å². The second-order valence-corrected chi connectivity index (χ2v) is 3.97. The predicted molar refractivity (Wildman–Crippen MR) is 55.1 cm³/mol. The summed E-state index contributed by atoms with van der Waals surface area (Å²) in [6.45, 7) is 0. The molecule has 0 radical (unpaired) electrons. The van der Waals surface area contributed by atoms with Crippen LogP contribution in [0.25, 0.3) is 0 Å². The number of aliphatic imine (C=N–C) groups is 1. The summed E-state index contributed by atoms with van der Waals surface area (Å²) in [4.78, 5) is 14.9. The molecule has 2 rings (SSSR count). The smallest absolute Gasteiger partial charge is 0.266 e. The summed E-state index contributed by atoms with van der Waals surface area (Å²) in [6.07, 6.45) is 0. The van der Waals surface area contributed by atoms with Crippen molar-refractivity contribution in [1.82, 2.24) is 0 Å². The number of para-hydroxylation sites is 1. The van der Waals surface area contributed by atoms with Crippen LogP contribution in [0.4, 0.5) is 0 Å². The lowest BCUT2D eigenvalue weighted by atomic mass is 10.1. The quantitative estimate of drug-likeness (QED) is 0.722. The van der Waals surface area contributed by atoms with Gasteiger partial charge in [0.25, 0.3) is 5.91 Å². The fourth-order valence-electron chi connectivity index (χ4n) is 1.27. The third kappa shape index (κ3) is 1.46. The van der Waals surface area contributed by atoms with E-state index in [0.717, 1.165) is 11.8 Å². The van der Waals surface area contributed by atoms with E-state index < -0.39 is 5.25 Å². The summed E-state index contributed by atoms with van der Waals surface area (Å²) in [6, 6.07) is 6.70. The number of amides is 1. The van der Waals surface area contributed by atoms with Crippen LogP contribution in [0.5, 0.6) is 5.75 Å². The molecule has 0 unspecified atom stereocenters.